The van der Waals surface area contributed by atoms with Gasteiger partial charge < -0.3 is 13.9 Å². The van der Waals surface area contributed by atoms with Crippen LogP contribution in [0, 0.1) is 13.8 Å². The van der Waals surface area contributed by atoms with Crippen molar-refractivity contribution in [2.75, 3.05) is 13.2 Å². The van der Waals surface area contributed by atoms with Crippen molar-refractivity contribution in [2.45, 2.75) is 58.7 Å². The molecule has 0 N–H and O–H groups in total. The highest BCUT2D eigenvalue weighted by Crippen LogP contribution is 2.32. The predicted molar refractivity (Wildman–Crippen MR) is 126 cm³/mol. The molecule has 2 heterocycles. The molecule has 2 unspecified atom stereocenters. The highest BCUT2D eigenvalue weighted by atomic mass is 16.5. The highest BCUT2D eigenvalue weighted by molar-refractivity contribution is 5.75. The van der Waals surface area contributed by atoms with E-state index in [1.54, 1.807) is 0 Å². The third-order valence-electron chi connectivity index (χ3n) is 6.21. The first-order valence-corrected chi connectivity index (χ1v) is 11.7. The van der Waals surface area contributed by atoms with Crippen LogP contribution in [0.1, 0.15) is 60.4 Å². The summed E-state index contributed by atoms with van der Waals surface area (Å²) in [6.45, 7) is 7.81. The van der Waals surface area contributed by atoms with E-state index in [9.17, 15) is 4.79 Å². The Labute approximate surface area is 195 Å². The maximum atomic E-state index is 12.5. The van der Waals surface area contributed by atoms with Crippen LogP contribution < -0.4 is 4.74 Å². The van der Waals surface area contributed by atoms with Crippen LogP contribution in [0.3, 0.4) is 0 Å². The summed E-state index contributed by atoms with van der Waals surface area (Å²) in [4.78, 5) is 19.1. The Bertz CT molecular complexity index is 1080. The molecule has 174 valence electrons. The third kappa shape index (κ3) is 5.45. The molecule has 3 aromatic rings. The van der Waals surface area contributed by atoms with Crippen molar-refractivity contribution in [1.82, 2.24) is 9.88 Å². The van der Waals surface area contributed by atoms with Crippen LogP contribution in [0.15, 0.2) is 59.3 Å². The molecule has 6 nitrogen and oxygen atoms in total. The lowest BCUT2D eigenvalue weighted by Crippen LogP contribution is -2.44. The summed E-state index contributed by atoms with van der Waals surface area (Å²) in [5, 5.41) is 0. The topological polar surface area (TPSA) is 64.8 Å². The summed E-state index contributed by atoms with van der Waals surface area (Å²) >= 11 is 0. The number of oxazole rings is 1. The zero-order valence-corrected chi connectivity index (χ0v) is 19.6. The maximum absolute atomic E-state index is 12.5. The Hall–Kier alpha value is -3.12. The second-order valence-corrected chi connectivity index (χ2v) is 8.53. The summed E-state index contributed by atoms with van der Waals surface area (Å²) in [6.07, 6.45) is 4.07. The van der Waals surface area contributed by atoms with Gasteiger partial charge in [0.15, 0.2) is 12.5 Å². The van der Waals surface area contributed by atoms with Crippen molar-refractivity contribution in [2.24, 2.45) is 0 Å². The van der Waals surface area contributed by atoms with Gasteiger partial charge in [0.2, 0.25) is 0 Å². The number of hydrogen-bond acceptors (Lipinski definition) is 6. The third-order valence-corrected chi connectivity index (χ3v) is 6.21. The lowest BCUT2D eigenvalue weighted by Gasteiger charge is -2.34. The lowest BCUT2D eigenvalue weighted by molar-refractivity contribution is -0.151. The molecule has 1 aliphatic heterocycles. The predicted octanol–water partition coefficient (Wildman–Crippen LogP) is 5.38. The summed E-state index contributed by atoms with van der Waals surface area (Å²) in [6, 6.07) is 16.1. The van der Waals surface area contributed by atoms with Gasteiger partial charge in [-0.3, -0.25) is 9.69 Å². The lowest BCUT2D eigenvalue weighted by atomic mass is 10.00. The molecule has 0 aliphatic carbocycles. The largest absolute Gasteiger partial charge is 0.479 e. The molecule has 0 amide bonds. The number of rotatable bonds is 8. The quantitative estimate of drug-likeness (QED) is 0.431. The van der Waals surface area contributed by atoms with Crippen molar-refractivity contribution in [3.63, 3.8) is 0 Å². The maximum Gasteiger partial charge on any atom is 0.323 e. The number of carbonyl (C=O) groups excluding carboxylic acids is 1. The molecule has 0 bridgehead atoms. The minimum absolute atomic E-state index is 0.120. The summed E-state index contributed by atoms with van der Waals surface area (Å²) in [7, 11) is 0. The molecular weight excluding hydrogens is 416 g/mol. The number of carbonyl (C=O) groups is 1. The van der Waals surface area contributed by atoms with E-state index in [2.05, 4.69) is 41.1 Å². The molecule has 4 rings (SSSR count). The van der Waals surface area contributed by atoms with Crippen molar-refractivity contribution in [3.05, 3.63) is 83.1 Å². The van der Waals surface area contributed by atoms with Crippen LogP contribution in [0.5, 0.6) is 5.75 Å². The monoisotopic (exact) mass is 448 g/mol. The van der Waals surface area contributed by atoms with Crippen LogP contribution >= 0.6 is 0 Å². The standard InChI is InChI=1S/C27H32N2O4/c1-4-31-27(30)24-14-7-8-15-29(24)17-21-11-9-12-22(16-21)33-26(25-20(3)32-18-28-25)23-13-6-5-10-19(23)2/h5-6,9-13,16,18,24,26H,4,7-8,14-15,17H2,1-3H3. The first-order chi connectivity index (χ1) is 16.1. The Kier molecular flexibility index (Phi) is 7.45. The first kappa shape index (κ1) is 23.1. The molecule has 2 atom stereocenters. The van der Waals surface area contributed by atoms with Gasteiger partial charge >= 0.3 is 5.97 Å². The average molecular weight is 449 g/mol. The van der Waals surface area contributed by atoms with E-state index in [4.69, 9.17) is 13.9 Å². The molecule has 0 spiro atoms. The molecule has 0 saturated carbocycles. The second-order valence-electron chi connectivity index (χ2n) is 8.53. The smallest absolute Gasteiger partial charge is 0.323 e. The number of hydrogen-bond donors (Lipinski definition) is 0. The fraction of sp³-hybridized carbons (Fsp3) is 0.407. The number of nitrogens with zero attached hydrogens (tertiary/aromatic N) is 2. The molecule has 1 fully saturated rings. The van der Waals surface area contributed by atoms with Gasteiger partial charge in [0.1, 0.15) is 23.2 Å². The number of ether oxygens (including phenoxy) is 2. The SMILES string of the molecule is CCOC(=O)C1CCCCN1Cc1cccc(OC(c2ccccc2C)c2ncoc2C)c1. The minimum atomic E-state index is -0.373. The highest BCUT2D eigenvalue weighted by Gasteiger charge is 2.30. The summed E-state index contributed by atoms with van der Waals surface area (Å²) < 4.78 is 17.3. The Morgan fingerprint density at radius 2 is 2.03 bits per heavy atom. The number of likely N-dealkylation sites (tertiary alicyclic amines) is 1. The van der Waals surface area contributed by atoms with E-state index in [1.807, 2.05) is 38.1 Å². The van der Waals surface area contributed by atoms with Gasteiger partial charge in [0, 0.05) is 12.1 Å². The van der Waals surface area contributed by atoms with E-state index < -0.39 is 0 Å². The van der Waals surface area contributed by atoms with Crippen LogP contribution in [0.4, 0.5) is 0 Å². The van der Waals surface area contributed by atoms with Crippen molar-refractivity contribution in [1.29, 1.82) is 0 Å². The van der Waals surface area contributed by atoms with E-state index in [0.717, 1.165) is 59.7 Å². The normalized spacial score (nSPS) is 17.5. The Morgan fingerprint density at radius 1 is 1.18 bits per heavy atom. The van der Waals surface area contributed by atoms with Crippen molar-refractivity contribution in [3.8, 4) is 5.75 Å². The number of benzene rings is 2. The zero-order chi connectivity index (χ0) is 23.2. The van der Waals surface area contributed by atoms with Gasteiger partial charge in [-0.2, -0.15) is 0 Å². The molecule has 0 radical (unpaired) electrons. The van der Waals surface area contributed by atoms with E-state index in [0.29, 0.717) is 13.2 Å². The van der Waals surface area contributed by atoms with E-state index >= 15 is 0 Å². The van der Waals surface area contributed by atoms with Gasteiger partial charge in [-0.15, -0.1) is 0 Å². The summed E-state index contributed by atoms with van der Waals surface area (Å²) in [5.74, 6) is 1.38. The molecule has 1 saturated heterocycles. The minimum Gasteiger partial charge on any atom is -0.479 e. The Morgan fingerprint density at radius 3 is 2.79 bits per heavy atom. The molecule has 2 aromatic carbocycles. The molecule has 1 aliphatic rings. The van der Waals surface area contributed by atoms with Gasteiger partial charge in [0.25, 0.3) is 0 Å². The van der Waals surface area contributed by atoms with Gasteiger partial charge in [0.05, 0.1) is 6.61 Å². The Balaban J connectivity index is 1.57. The van der Waals surface area contributed by atoms with Crippen molar-refractivity contribution >= 4 is 5.97 Å². The van der Waals surface area contributed by atoms with Gasteiger partial charge in [-0.05, 0) is 63.4 Å². The second kappa shape index (κ2) is 10.7. The van der Waals surface area contributed by atoms with Gasteiger partial charge in [-0.1, -0.05) is 42.8 Å². The van der Waals surface area contributed by atoms with Gasteiger partial charge in [-0.25, -0.2) is 4.98 Å². The molecule has 6 heteroatoms. The van der Waals surface area contributed by atoms with E-state index in [1.165, 1.54) is 6.39 Å². The fourth-order valence-corrected chi connectivity index (χ4v) is 4.49. The van der Waals surface area contributed by atoms with Crippen molar-refractivity contribution < 1.29 is 18.7 Å². The summed E-state index contributed by atoms with van der Waals surface area (Å²) in [5.41, 5.74) is 4.06. The number of aryl methyl sites for hydroxylation is 2. The van der Waals surface area contributed by atoms with Crippen LogP contribution in [-0.2, 0) is 16.1 Å². The van der Waals surface area contributed by atoms with E-state index in [-0.39, 0.29) is 18.1 Å². The zero-order valence-electron chi connectivity index (χ0n) is 19.6. The first-order valence-electron chi connectivity index (χ1n) is 11.7. The number of piperidine rings is 1. The fourth-order valence-electron chi connectivity index (χ4n) is 4.49. The van der Waals surface area contributed by atoms with Crippen LogP contribution in [-0.4, -0.2) is 35.0 Å². The number of esters is 1. The molecule has 1 aromatic heterocycles. The average Bonchev–Trinajstić information content (AvgIpc) is 3.24. The number of aromatic nitrogens is 1. The van der Waals surface area contributed by atoms with Crippen LogP contribution in [0.25, 0.3) is 0 Å². The molecule has 33 heavy (non-hydrogen) atoms. The van der Waals surface area contributed by atoms with Crippen LogP contribution in [0.2, 0.25) is 0 Å². The molecular formula is C27H32N2O4.